The fourth-order valence-electron chi connectivity index (χ4n) is 3.45. The molecule has 3 rings (SSSR count). The SMILES string of the molecule is CCC1OCCC1CNC(=O)C1NCCc2ccccc21. The zero-order chi connectivity index (χ0) is 14.7. The molecule has 3 unspecified atom stereocenters. The maximum Gasteiger partial charge on any atom is 0.241 e. The van der Waals surface area contributed by atoms with E-state index in [1.54, 1.807) is 0 Å². The minimum atomic E-state index is -0.211. The van der Waals surface area contributed by atoms with Crippen molar-refractivity contribution in [1.29, 1.82) is 0 Å². The van der Waals surface area contributed by atoms with Gasteiger partial charge in [-0.25, -0.2) is 0 Å². The molecular formula is C17H24N2O2. The Kier molecular flexibility index (Phi) is 4.56. The minimum absolute atomic E-state index is 0.0869. The van der Waals surface area contributed by atoms with E-state index in [0.29, 0.717) is 12.0 Å². The summed E-state index contributed by atoms with van der Waals surface area (Å²) in [5, 5.41) is 6.45. The van der Waals surface area contributed by atoms with Gasteiger partial charge in [0.1, 0.15) is 6.04 Å². The molecule has 2 aliphatic heterocycles. The first kappa shape index (κ1) is 14.5. The maximum absolute atomic E-state index is 12.5. The number of fused-ring (bicyclic) bond motifs is 1. The van der Waals surface area contributed by atoms with Crippen LogP contribution in [0.2, 0.25) is 0 Å². The average molecular weight is 288 g/mol. The van der Waals surface area contributed by atoms with Gasteiger partial charge in [0, 0.05) is 25.6 Å². The van der Waals surface area contributed by atoms with Crippen LogP contribution in [0.25, 0.3) is 0 Å². The van der Waals surface area contributed by atoms with Crippen LogP contribution in [0.4, 0.5) is 0 Å². The molecular weight excluding hydrogens is 264 g/mol. The predicted octanol–water partition coefficient (Wildman–Crippen LogP) is 1.80. The highest BCUT2D eigenvalue weighted by Crippen LogP contribution is 2.24. The number of hydrogen-bond donors (Lipinski definition) is 2. The molecule has 0 aliphatic carbocycles. The summed E-state index contributed by atoms with van der Waals surface area (Å²) in [5.41, 5.74) is 2.41. The summed E-state index contributed by atoms with van der Waals surface area (Å²) in [7, 11) is 0. The first-order chi connectivity index (χ1) is 10.3. The van der Waals surface area contributed by atoms with E-state index in [4.69, 9.17) is 4.74 Å². The van der Waals surface area contributed by atoms with Crippen molar-refractivity contribution in [1.82, 2.24) is 10.6 Å². The van der Waals surface area contributed by atoms with Gasteiger partial charge in [0.2, 0.25) is 5.91 Å². The van der Waals surface area contributed by atoms with Crippen molar-refractivity contribution in [2.24, 2.45) is 5.92 Å². The smallest absolute Gasteiger partial charge is 0.241 e. The molecule has 1 aromatic rings. The molecule has 0 spiro atoms. The Balaban J connectivity index is 1.61. The van der Waals surface area contributed by atoms with Gasteiger partial charge < -0.3 is 15.4 Å². The molecule has 0 aromatic heterocycles. The van der Waals surface area contributed by atoms with E-state index >= 15 is 0 Å². The second-order valence-electron chi connectivity index (χ2n) is 5.95. The molecule has 1 fully saturated rings. The van der Waals surface area contributed by atoms with Crippen molar-refractivity contribution >= 4 is 5.91 Å². The van der Waals surface area contributed by atoms with Crippen molar-refractivity contribution < 1.29 is 9.53 Å². The lowest BCUT2D eigenvalue weighted by molar-refractivity contribution is -0.123. The summed E-state index contributed by atoms with van der Waals surface area (Å²) < 4.78 is 5.68. The molecule has 3 atom stereocenters. The van der Waals surface area contributed by atoms with Crippen molar-refractivity contribution in [2.45, 2.75) is 38.3 Å². The number of amides is 1. The molecule has 2 N–H and O–H groups in total. The second-order valence-corrected chi connectivity index (χ2v) is 5.95. The summed E-state index contributed by atoms with van der Waals surface area (Å²) in [5.74, 6) is 0.543. The fourth-order valence-corrected chi connectivity index (χ4v) is 3.45. The van der Waals surface area contributed by atoms with Gasteiger partial charge in [-0.05, 0) is 30.4 Å². The molecule has 1 saturated heterocycles. The zero-order valence-corrected chi connectivity index (χ0v) is 12.6. The van der Waals surface area contributed by atoms with Crippen LogP contribution in [0.5, 0.6) is 0 Å². The first-order valence-electron chi connectivity index (χ1n) is 8.00. The Bertz CT molecular complexity index is 503. The number of nitrogens with one attached hydrogen (secondary N) is 2. The van der Waals surface area contributed by atoms with E-state index in [2.05, 4.69) is 29.7 Å². The van der Waals surface area contributed by atoms with Crippen molar-refractivity contribution in [2.75, 3.05) is 19.7 Å². The van der Waals surface area contributed by atoms with E-state index in [1.165, 1.54) is 5.56 Å². The highest BCUT2D eigenvalue weighted by molar-refractivity contribution is 5.83. The van der Waals surface area contributed by atoms with Crippen LogP contribution in [0.1, 0.15) is 36.9 Å². The minimum Gasteiger partial charge on any atom is -0.378 e. The molecule has 21 heavy (non-hydrogen) atoms. The number of benzene rings is 1. The highest BCUT2D eigenvalue weighted by Gasteiger charge is 2.29. The van der Waals surface area contributed by atoms with Gasteiger partial charge in [0.15, 0.2) is 0 Å². The summed E-state index contributed by atoms with van der Waals surface area (Å²) in [4.78, 5) is 12.5. The number of ether oxygens (including phenoxy) is 1. The van der Waals surface area contributed by atoms with Gasteiger partial charge in [-0.2, -0.15) is 0 Å². The van der Waals surface area contributed by atoms with Crippen LogP contribution in [0, 0.1) is 5.92 Å². The highest BCUT2D eigenvalue weighted by atomic mass is 16.5. The monoisotopic (exact) mass is 288 g/mol. The van der Waals surface area contributed by atoms with E-state index < -0.39 is 0 Å². The van der Waals surface area contributed by atoms with Crippen molar-refractivity contribution in [3.8, 4) is 0 Å². The standard InChI is InChI=1S/C17H24N2O2/c1-2-15-13(8-10-21-15)11-19-17(20)16-14-6-4-3-5-12(14)7-9-18-16/h3-6,13,15-16,18H,2,7-11H2,1H3,(H,19,20). The van der Waals surface area contributed by atoms with Crippen LogP contribution in [0.3, 0.4) is 0 Å². The lowest BCUT2D eigenvalue weighted by atomic mass is 9.93. The molecule has 0 saturated carbocycles. The van der Waals surface area contributed by atoms with Crippen LogP contribution in [-0.2, 0) is 16.0 Å². The third-order valence-electron chi connectivity index (χ3n) is 4.66. The average Bonchev–Trinajstić information content (AvgIpc) is 2.99. The molecule has 1 aromatic carbocycles. The Morgan fingerprint density at radius 1 is 1.43 bits per heavy atom. The van der Waals surface area contributed by atoms with E-state index in [9.17, 15) is 4.79 Å². The largest absolute Gasteiger partial charge is 0.378 e. The van der Waals surface area contributed by atoms with E-state index in [0.717, 1.165) is 44.5 Å². The van der Waals surface area contributed by atoms with Gasteiger partial charge in [0.25, 0.3) is 0 Å². The summed E-state index contributed by atoms with van der Waals surface area (Å²) in [6.07, 6.45) is 3.37. The molecule has 2 aliphatic rings. The predicted molar refractivity (Wildman–Crippen MR) is 82.0 cm³/mol. The lowest BCUT2D eigenvalue weighted by Gasteiger charge is -2.27. The molecule has 0 radical (unpaired) electrons. The quantitative estimate of drug-likeness (QED) is 0.888. The van der Waals surface area contributed by atoms with Crippen LogP contribution < -0.4 is 10.6 Å². The third-order valence-corrected chi connectivity index (χ3v) is 4.66. The van der Waals surface area contributed by atoms with Crippen LogP contribution >= 0.6 is 0 Å². The van der Waals surface area contributed by atoms with Gasteiger partial charge in [-0.15, -0.1) is 0 Å². The van der Waals surface area contributed by atoms with Crippen LogP contribution in [-0.4, -0.2) is 31.7 Å². The van der Waals surface area contributed by atoms with Gasteiger partial charge in [0.05, 0.1) is 6.10 Å². The van der Waals surface area contributed by atoms with Crippen molar-refractivity contribution in [3.05, 3.63) is 35.4 Å². The van der Waals surface area contributed by atoms with Crippen LogP contribution in [0.15, 0.2) is 24.3 Å². The molecule has 4 nitrogen and oxygen atoms in total. The van der Waals surface area contributed by atoms with Gasteiger partial charge in [-0.1, -0.05) is 31.2 Å². The Morgan fingerprint density at radius 3 is 3.14 bits per heavy atom. The molecule has 1 amide bonds. The number of carbonyl (C=O) groups excluding carboxylic acids is 1. The number of rotatable bonds is 4. The first-order valence-corrected chi connectivity index (χ1v) is 8.00. The summed E-state index contributed by atoms with van der Waals surface area (Å²) >= 11 is 0. The topological polar surface area (TPSA) is 50.4 Å². The Morgan fingerprint density at radius 2 is 2.29 bits per heavy atom. The van der Waals surface area contributed by atoms with Gasteiger partial charge in [-0.3, -0.25) is 4.79 Å². The normalized spacial score (nSPS) is 28.1. The number of carbonyl (C=O) groups is 1. The summed E-state index contributed by atoms with van der Waals surface area (Å²) in [6.45, 7) is 4.55. The third kappa shape index (κ3) is 3.11. The lowest BCUT2D eigenvalue weighted by Crippen LogP contribution is -2.43. The summed E-state index contributed by atoms with van der Waals surface area (Å²) in [6, 6.07) is 8.01. The van der Waals surface area contributed by atoms with Gasteiger partial charge >= 0.3 is 0 Å². The van der Waals surface area contributed by atoms with E-state index in [-0.39, 0.29) is 11.9 Å². The van der Waals surface area contributed by atoms with Crippen molar-refractivity contribution in [3.63, 3.8) is 0 Å². The Hall–Kier alpha value is -1.39. The fraction of sp³-hybridized carbons (Fsp3) is 0.588. The Labute approximate surface area is 126 Å². The zero-order valence-electron chi connectivity index (χ0n) is 12.6. The second kappa shape index (κ2) is 6.58. The number of hydrogen-bond acceptors (Lipinski definition) is 3. The molecule has 114 valence electrons. The molecule has 0 bridgehead atoms. The molecule has 2 heterocycles. The molecule has 4 heteroatoms. The maximum atomic E-state index is 12.5. The van der Waals surface area contributed by atoms with E-state index in [1.807, 2.05) is 12.1 Å².